The molecule has 1 aromatic rings. The predicted molar refractivity (Wildman–Crippen MR) is 78.8 cm³/mol. The second-order valence-corrected chi connectivity index (χ2v) is 5.24. The smallest absolute Gasteiger partial charge is 0.485 e. The van der Waals surface area contributed by atoms with Crippen molar-refractivity contribution in [2.45, 2.75) is 18.3 Å². The quantitative estimate of drug-likeness (QED) is 0.348. The van der Waals surface area contributed by atoms with Crippen LogP contribution >= 0.6 is 0 Å². The summed E-state index contributed by atoms with van der Waals surface area (Å²) in [7, 11) is -6.09. The fourth-order valence-electron chi connectivity index (χ4n) is 1.06. The van der Waals surface area contributed by atoms with Gasteiger partial charge < -0.3 is 4.55 Å². The van der Waals surface area contributed by atoms with Gasteiger partial charge in [0.1, 0.15) is 0 Å². The molecule has 0 amide bonds. The molecule has 1 aliphatic rings. The minimum absolute atomic E-state index is 0. The second-order valence-electron chi connectivity index (χ2n) is 3.87. The van der Waals surface area contributed by atoms with Crippen LogP contribution in [0.15, 0.2) is 72.9 Å². The van der Waals surface area contributed by atoms with Crippen LogP contribution in [0.5, 0.6) is 0 Å². The molecule has 0 saturated carbocycles. The van der Waals surface area contributed by atoms with E-state index in [1.54, 1.807) is 0 Å². The number of alkyl halides is 3. The van der Waals surface area contributed by atoms with Crippen molar-refractivity contribution in [2.24, 2.45) is 0 Å². The molecule has 8 heteroatoms. The first-order valence-corrected chi connectivity index (χ1v) is 7.66. The molecule has 0 heterocycles. The Morgan fingerprint density at radius 3 is 1.22 bits per heavy atom. The van der Waals surface area contributed by atoms with Crippen LogP contribution < -0.4 is 0 Å². The SMILES string of the molecule is C1=CC=CCCC=C1.O=S(=O)([O-])C(F)(F)F.[Rh].c1ccccc1. The predicted octanol–water partition coefficient (Wildman–Crippen LogP) is 4.18. The van der Waals surface area contributed by atoms with Crippen LogP contribution in [0, 0.1) is 0 Å². The van der Waals surface area contributed by atoms with Gasteiger partial charge in [-0.25, -0.2) is 8.42 Å². The Hall–Kier alpha value is -1.24. The Labute approximate surface area is 147 Å². The fraction of sp³-hybridized carbons (Fsp3) is 0.200. The molecule has 3 nitrogen and oxygen atoms in total. The first-order chi connectivity index (χ1) is 10.2. The average molecular weight is 436 g/mol. The third-order valence-corrected chi connectivity index (χ3v) is 2.62. The summed E-state index contributed by atoms with van der Waals surface area (Å²) in [6, 6.07) is 12.0. The second kappa shape index (κ2) is 13.2. The fourth-order valence-corrected chi connectivity index (χ4v) is 1.06. The Kier molecular flexibility index (Phi) is 13.8. The first-order valence-electron chi connectivity index (χ1n) is 6.25. The van der Waals surface area contributed by atoms with E-state index in [1.165, 1.54) is 12.8 Å². The summed E-state index contributed by atoms with van der Waals surface area (Å²) < 4.78 is 58.9. The maximum atomic E-state index is 10.7. The molecular formula is C15H16F3O3RhS-. The molecular weight excluding hydrogens is 420 g/mol. The van der Waals surface area contributed by atoms with Crippen molar-refractivity contribution in [3.8, 4) is 0 Å². The van der Waals surface area contributed by atoms with Crippen molar-refractivity contribution in [3.63, 3.8) is 0 Å². The molecule has 2 rings (SSSR count). The van der Waals surface area contributed by atoms with Crippen molar-refractivity contribution in [2.75, 3.05) is 0 Å². The van der Waals surface area contributed by atoms with Crippen molar-refractivity contribution >= 4 is 10.1 Å². The van der Waals surface area contributed by atoms with Crippen LogP contribution in [0.25, 0.3) is 0 Å². The van der Waals surface area contributed by atoms with Crippen LogP contribution in [-0.2, 0) is 29.6 Å². The molecule has 1 aliphatic carbocycles. The van der Waals surface area contributed by atoms with Gasteiger partial charge in [0.15, 0.2) is 10.1 Å². The van der Waals surface area contributed by atoms with Gasteiger partial charge in [0.05, 0.1) is 0 Å². The Balaban J connectivity index is 0. The monoisotopic (exact) mass is 436 g/mol. The average Bonchev–Trinajstić information content (AvgIpc) is 2.39. The van der Waals surface area contributed by atoms with Crippen molar-refractivity contribution in [1.82, 2.24) is 0 Å². The van der Waals surface area contributed by atoms with Gasteiger partial charge in [0, 0.05) is 19.5 Å². The molecule has 0 unspecified atom stereocenters. The van der Waals surface area contributed by atoms with Gasteiger partial charge in [-0.1, -0.05) is 72.9 Å². The van der Waals surface area contributed by atoms with Gasteiger partial charge in [-0.15, -0.1) is 0 Å². The van der Waals surface area contributed by atoms with Crippen molar-refractivity contribution < 1.29 is 45.6 Å². The molecule has 0 bridgehead atoms. The summed E-state index contributed by atoms with van der Waals surface area (Å²) in [5.74, 6) is 0. The minimum Gasteiger partial charge on any atom is -0.741 e. The summed E-state index contributed by atoms with van der Waals surface area (Å²) in [5.41, 5.74) is -5.65. The van der Waals surface area contributed by atoms with E-state index in [0.29, 0.717) is 0 Å². The van der Waals surface area contributed by atoms with E-state index in [0.717, 1.165) is 0 Å². The maximum Gasteiger partial charge on any atom is 0.485 e. The van der Waals surface area contributed by atoms with Gasteiger partial charge >= 0.3 is 5.51 Å². The van der Waals surface area contributed by atoms with Crippen LogP contribution in [0.4, 0.5) is 13.2 Å². The third kappa shape index (κ3) is 15.4. The van der Waals surface area contributed by atoms with Crippen LogP contribution in [-0.4, -0.2) is 18.5 Å². The summed E-state index contributed by atoms with van der Waals surface area (Å²) in [6.07, 6.45) is 15.0. The van der Waals surface area contributed by atoms with E-state index in [9.17, 15) is 13.2 Å². The number of hydrogen-bond acceptors (Lipinski definition) is 3. The van der Waals surface area contributed by atoms with E-state index in [1.807, 2.05) is 36.4 Å². The molecule has 1 radical (unpaired) electrons. The molecule has 0 aromatic heterocycles. The van der Waals surface area contributed by atoms with E-state index >= 15 is 0 Å². The molecule has 1 aromatic carbocycles. The normalized spacial score (nSPS) is 13.2. The van der Waals surface area contributed by atoms with E-state index in [-0.39, 0.29) is 19.5 Å². The Bertz CT molecular complexity index is 537. The zero-order chi connectivity index (χ0) is 16.9. The Morgan fingerprint density at radius 2 is 1.00 bits per heavy atom. The first kappa shape index (κ1) is 24.0. The van der Waals surface area contributed by atoms with Gasteiger partial charge in [0.25, 0.3) is 0 Å². The van der Waals surface area contributed by atoms with Crippen LogP contribution in [0.1, 0.15) is 12.8 Å². The number of rotatable bonds is 0. The van der Waals surface area contributed by atoms with E-state index in [2.05, 4.69) is 36.5 Å². The minimum atomic E-state index is -6.09. The number of allylic oxidation sites excluding steroid dienone is 6. The zero-order valence-corrected chi connectivity index (χ0v) is 14.4. The summed E-state index contributed by atoms with van der Waals surface area (Å²) in [6.45, 7) is 0. The summed E-state index contributed by atoms with van der Waals surface area (Å²) in [4.78, 5) is 0. The Morgan fingerprint density at radius 1 is 0.739 bits per heavy atom. The van der Waals surface area contributed by atoms with Gasteiger partial charge in [-0.05, 0) is 12.8 Å². The number of halogens is 3. The maximum absolute atomic E-state index is 10.7. The molecule has 0 N–H and O–H groups in total. The third-order valence-electron chi connectivity index (χ3n) is 2.06. The van der Waals surface area contributed by atoms with Crippen molar-refractivity contribution in [3.05, 3.63) is 72.9 Å². The molecule has 0 atom stereocenters. The van der Waals surface area contributed by atoms with Crippen LogP contribution in [0.3, 0.4) is 0 Å². The molecule has 23 heavy (non-hydrogen) atoms. The topological polar surface area (TPSA) is 57.2 Å². The van der Waals surface area contributed by atoms with Gasteiger partial charge in [-0.2, -0.15) is 13.2 Å². The molecule has 0 saturated heterocycles. The van der Waals surface area contributed by atoms with Gasteiger partial charge in [-0.3, -0.25) is 0 Å². The standard InChI is InChI=1S/C8H10.C6H6.CHF3O3S.Rh/c1-2-4-6-8-7-5-3-1;1-2-4-6-5-3-1;2-1(3,4)8(5,6)7;/h1-6H,7-8H2;1-6H;(H,5,6,7);/p-1. The molecule has 131 valence electrons. The van der Waals surface area contributed by atoms with Crippen LogP contribution in [0.2, 0.25) is 0 Å². The molecule has 0 aliphatic heterocycles. The van der Waals surface area contributed by atoms with Crippen molar-refractivity contribution in [1.29, 1.82) is 0 Å². The molecule has 0 spiro atoms. The molecule has 0 fully saturated rings. The number of hydrogen-bond donors (Lipinski definition) is 0. The largest absolute Gasteiger partial charge is 0.741 e. The van der Waals surface area contributed by atoms with Gasteiger partial charge in [0.2, 0.25) is 0 Å². The summed E-state index contributed by atoms with van der Waals surface area (Å²) in [5, 5.41) is 0. The number of benzene rings is 1. The van der Waals surface area contributed by atoms with E-state index in [4.69, 9.17) is 13.0 Å². The zero-order valence-electron chi connectivity index (χ0n) is 11.9. The van der Waals surface area contributed by atoms with E-state index < -0.39 is 15.6 Å². The summed E-state index contributed by atoms with van der Waals surface area (Å²) >= 11 is 0.